The van der Waals surface area contributed by atoms with Crippen LogP contribution in [0.1, 0.15) is 19.4 Å². The van der Waals surface area contributed by atoms with Gasteiger partial charge in [-0.3, -0.25) is 0 Å². The predicted octanol–water partition coefficient (Wildman–Crippen LogP) is 9.12. The third-order valence-electron chi connectivity index (χ3n) is 10.5. The van der Waals surface area contributed by atoms with Crippen LogP contribution in [-0.2, 0) is 5.04 Å². The Morgan fingerprint density at radius 3 is 1.59 bits per heavy atom. The van der Waals surface area contributed by atoms with Gasteiger partial charge in [-0.15, -0.1) is 0 Å². The van der Waals surface area contributed by atoms with Gasteiger partial charge in [-0.25, -0.2) is 0 Å². The molecule has 0 saturated carbocycles. The minimum absolute atomic E-state index is 0.126. The highest BCUT2D eigenvalue weighted by Crippen LogP contribution is 2.57. The average Bonchev–Trinajstić information content (AvgIpc) is 3.42. The first-order valence-electron chi connectivity index (χ1n) is 15.6. The van der Waals surface area contributed by atoms with E-state index < -0.39 is 8.07 Å². The van der Waals surface area contributed by atoms with Crippen LogP contribution in [0.4, 0.5) is 0 Å². The molecule has 0 aromatic heterocycles. The Hall–Kier alpha value is -4.98. The van der Waals surface area contributed by atoms with Crippen LogP contribution in [-0.4, -0.2) is 8.07 Å². The molecule has 2 aliphatic rings. The van der Waals surface area contributed by atoms with Crippen molar-refractivity contribution in [3.8, 4) is 44.5 Å². The molecule has 208 valence electrons. The zero-order chi connectivity index (χ0) is 29.5. The lowest BCUT2D eigenvalue weighted by atomic mass is 9.83. The van der Waals surface area contributed by atoms with Crippen LogP contribution >= 0.6 is 0 Å². The molecule has 9 rings (SSSR count). The molecule has 1 heteroatoms. The Balaban J connectivity index is 1.57. The van der Waals surface area contributed by atoms with Crippen LogP contribution in [0.25, 0.3) is 55.3 Å². The molecule has 1 aliphatic heterocycles. The van der Waals surface area contributed by atoms with Crippen molar-refractivity contribution in [1.29, 1.82) is 0 Å². The van der Waals surface area contributed by atoms with Gasteiger partial charge in [0.2, 0.25) is 0 Å². The van der Waals surface area contributed by atoms with Crippen molar-refractivity contribution in [2.45, 2.75) is 18.9 Å². The van der Waals surface area contributed by atoms with Gasteiger partial charge in [0.1, 0.15) is 0 Å². The number of benzene rings is 7. The van der Waals surface area contributed by atoms with Crippen molar-refractivity contribution in [2.75, 3.05) is 0 Å². The molecule has 0 N–H and O–H groups in total. The summed E-state index contributed by atoms with van der Waals surface area (Å²) in [5.74, 6) is 0. The number of hydrogen-bond donors (Lipinski definition) is 0. The fraction of sp³-hybridized carbons (Fsp3) is 0.0698. The molecule has 44 heavy (non-hydrogen) atoms. The topological polar surface area (TPSA) is 0 Å². The summed E-state index contributed by atoms with van der Waals surface area (Å²) in [6, 6.07) is 59.6. The zero-order valence-electron chi connectivity index (χ0n) is 25.0. The minimum atomic E-state index is -2.73. The summed E-state index contributed by atoms with van der Waals surface area (Å²) >= 11 is 0. The lowest BCUT2D eigenvalue weighted by Crippen LogP contribution is -2.78. The molecule has 7 aromatic rings. The molecule has 0 unspecified atom stereocenters. The quantitative estimate of drug-likeness (QED) is 0.184. The smallest absolute Gasteiger partial charge is 0.0624 e. The van der Waals surface area contributed by atoms with E-state index in [0.717, 1.165) is 0 Å². The molecule has 7 aromatic carbocycles. The molecule has 0 nitrogen and oxygen atoms in total. The van der Waals surface area contributed by atoms with Crippen LogP contribution in [0.2, 0.25) is 0 Å². The van der Waals surface area contributed by atoms with E-state index in [4.69, 9.17) is 0 Å². The summed E-state index contributed by atoms with van der Waals surface area (Å²) in [5, 5.41) is 6.99. The van der Waals surface area contributed by atoms with E-state index in [1.165, 1.54) is 76.4 Å². The second kappa shape index (κ2) is 9.26. The van der Waals surface area contributed by atoms with Crippen LogP contribution < -0.4 is 15.6 Å². The van der Waals surface area contributed by atoms with Crippen molar-refractivity contribution in [1.82, 2.24) is 0 Å². The second-order valence-electron chi connectivity index (χ2n) is 12.8. The number of hydrogen-bond acceptors (Lipinski definition) is 0. The Morgan fingerprint density at radius 2 is 0.955 bits per heavy atom. The summed E-state index contributed by atoms with van der Waals surface area (Å²) in [5.41, 5.74) is 12.4. The van der Waals surface area contributed by atoms with Gasteiger partial charge in [0.25, 0.3) is 0 Å². The van der Waals surface area contributed by atoms with Crippen molar-refractivity contribution < 1.29 is 0 Å². The van der Waals surface area contributed by atoms with Gasteiger partial charge in [-0.2, -0.15) is 0 Å². The van der Waals surface area contributed by atoms with Gasteiger partial charge < -0.3 is 0 Å². The lowest BCUT2D eigenvalue weighted by Gasteiger charge is -2.52. The Bertz CT molecular complexity index is 2180. The molecule has 0 radical (unpaired) electrons. The van der Waals surface area contributed by atoms with Crippen molar-refractivity contribution in [2.24, 2.45) is 0 Å². The van der Waals surface area contributed by atoms with Crippen LogP contribution in [0.5, 0.6) is 0 Å². The Labute approximate surface area is 260 Å². The third kappa shape index (κ3) is 3.17. The first-order chi connectivity index (χ1) is 21.6. The van der Waals surface area contributed by atoms with Crippen molar-refractivity contribution in [3.63, 3.8) is 0 Å². The van der Waals surface area contributed by atoms with Crippen LogP contribution in [0.3, 0.4) is 0 Å². The molecular formula is C43H32Si. The van der Waals surface area contributed by atoms with E-state index in [1.807, 2.05) is 0 Å². The van der Waals surface area contributed by atoms with E-state index in [2.05, 4.69) is 172 Å². The maximum Gasteiger partial charge on any atom is 0.158 e. The van der Waals surface area contributed by atoms with E-state index in [1.54, 1.807) is 0 Å². The monoisotopic (exact) mass is 576 g/mol. The zero-order valence-corrected chi connectivity index (χ0v) is 26.0. The molecule has 0 spiro atoms. The van der Waals surface area contributed by atoms with Gasteiger partial charge >= 0.3 is 0 Å². The van der Waals surface area contributed by atoms with Crippen LogP contribution in [0.15, 0.2) is 158 Å². The van der Waals surface area contributed by atoms with Crippen LogP contribution in [0, 0.1) is 0 Å². The van der Waals surface area contributed by atoms with Gasteiger partial charge in [-0.1, -0.05) is 172 Å². The molecule has 0 fully saturated rings. The molecule has 0 amide bonds. The Morgan fingerprint density at radius 1 is 0.432 bits per heavy atom. The third-order valence-corrected chi connectivity index (χ3v) is 16.2. The predicted molar refractivity (Wildman–Crippen MR) is 190 cm³/mol. The van der Waals surface area contributed by atoms with E-state index in [9.17, 15) is 0 Å². The molecule has 0 saturated heterocycles. The van der Waals surface area contributed by atoms with E-state index in [0.29, 0.717) is 0 Å². The highest BCUT2D eigenvalue weighted by molar-refractivity contribution is 7.14. The second-order valence-corrected chi connectivity index (χ2v) is 17.3. The number of fused-ring (bicyclic) bond motifs is 7. The molecule has 1 aliphatic carbocycles. The maximum atomic E-state index is 2.62. The highest BCUT2D eigenvalue weighted by Gasteiger charge is 2.57. The first kappa shape index (κ1) is 25.5. The largest absolute Gasteiger partial charge is 0.158 e. The van der Waals surface area contributed by atoms with Gasteiger partial charge in [0.15, 0.2) is 8.07 Å². The summed E-state index contributed by atoms with van der Waals surface area (Å²) < 4.78 is 0. The molecular weight excluding hydrogens is 545 g/mol. The fourth-order valence-corrected chi connectivity index (χ4v) is 14.8. The minimum Gasteiger partial charge on any atom is -0.0624 e. The summed E-state index contributed by atoms with van der Waals surface area (Å²) in [6.07, 6.45) is 0. The summed E-state index contributed by atoms with van der Waals surface area (Å²) in [7, 11) is -2.73. The normalized spacial score (nSPS) is 15.0. The van der Waals surface area contributed by atoms with Gasteiger partial charge in [0, 0.05) is 0 Å². The maximum absolute atomic E-state index is 2.73. The summed E-state index contributed by atoms with van der Waals surface area (Å²) in [6.45, 7) is 5.04. The number of rotatable bonds is 3. The first-order valence-corrected chi connectivity index (χ1v) is 17.6. The average molecular weight is 577 g/mol. The van der Waals surface area contributed by atoms with Crippen molar-refractivity contribution >= 4 is 34.4 Å². The molecule has 0 atom stereocenters. The van der Waals surface area contributed by atoms with Crippen molar-refractivity contribution in [3.05, 3.63) is 163 Å². The SMILES string of the molecule is CC1(C)c2ccccc2-c2c(cc(-c3ccccc3)c3c2-c2cccc4cccc-3c24)[Si]1(c1ccccc1)c1ccccc1. The van der Waals surface area contributed by atoms with E-state index in [-0.39, 0.29) is 5.04 Å². The summed E-state index contributed by atoms with van der Waals surface area (Å²) in [4.78, 5) is 0. The Kier molecular flexibility index (Phi) is 5.37. The standard InChI is InChI=1S/C43H32Si/c1-43(2)37-27-13-12-24-33(37)41-38(44(43,31-20-8-4-9-21-31)32-22-10-5-11-23-32)28-36(29-16-6-3-7-17-29)40-34-25-14-18-30-19-15-26-35(39(30)34)42(40)41/h3-28H,1-2H3. The van der Waals surface area contributed by atoms with Gasteiger partial charge in [-0.05, 0) is 81.4 Å². The fourth-order valence-electron chi connectivity index (χ4n) is 8.77. The highest BCUT2D eigenvalue weighted by atomic mass is 28.3. The van der Waals surface area contributed by atoms with E-state index >= 15 is 0 Å². The van der Waals surface area contributed by atoms with Gasteiger partial charge in [0.05, 0.1) is 0 Å². The lowest BCUT2D eigenvalue weighted by molar-refractivity contribution is 0.734. The molecule has 0 bridgehead atoms. The molecule has 1 heterocycles.